The molecule has 2 aromatic rings. The summed E-state index contributed by atoms with van der Waals surface area (Å²) >= 11 is 6.10. The minimum atomic E-state index is -3.58. The second-order valence-electron chi connectivity index (χ2n) is 6.73. The van der Waals surface area contributed by atoms with Crippen LogP contribution in [0.25, 0.3) is 0 Å². The molecule has 0 radical (unpaired) electrons. The van der Waals surface area contributed by atoms with Gasteiger partial charge in [-0.3, -0.25) is 9.58 Å². The summed E-state index contributed by atoms with van der Waals surface area (Å²) in [4.78, 5) is 2.44. The Labute approximate surface area is 164 Å². The lowest BCUT2D eigenvalue weighted by atomic mass is 10.2. The summed E-state index contributed by atoms with van der Waals surface area (Å²) in [5.74, 6) is -0.363. The minimum absolute atomic E-state index is 0.319. The van der Waals surface area contributed by atoms with Crippen molar-refractivity contribution in [3.63, 3.8) is 0 Å². The van der Waals surface area contributed by atoms with Crippen molar-refractivity contribution in [1.82, 2.24) is 19.0 Å². The third-order valence-electron chi connectivity index (χ3n) is 4.95. The number of hydrogen-bond acceptors (Lipinski definition) is 4. The molecule has 1 aromatic heterocycles. The first-order valence-corrected chi connectivity index (χ1v) is 10.8. The monoisotopic (exact) mass is 414 g/mol. The van der Waals surface area contributed by atoms with E-state index in [-0.39, 0.29) is 5.82 Å². The van der Waals surface area contributed by atoms with Crippen LogP contribution < -0.4 is 0 Å². The van der Waals surface area contributed by atoms with Gasteiger partial charge in [-0.25, -0.2) is 12.8 Å². The molecule has 0 amide bonds. The largest absolute Gasteiger partial charge is 0.296 e. The molecule has 0 bridgehead atoms. The molecule has 0 unspecified atom stereocenters. The fraction of sp³-hybridized carbons (Fsp3) is 0.500. The lowest BCUT2D eigenvalue weighted by Crippen LogP contribution is -2.48. The van der Waals surface area contributed by atoms with Gasteiger partial charge in [0.15, 0.2) is 0 Å². The van der Waals surface area contributed by atoms with Crippen LogP contribution in [0.2, 0.25) is 5.02 Å². The zero-order valence-electron chi connectivity index (χ0n) is 15.7. The van der Waals surface area contributed by atoms with Crippen molar-refractivity contribution in [3.8, 4) is 0 Å². The van der Waals surface area contributed by atoms with Crippen LogP contribution >= 0.6 is 11.6 Å². The Balaban J connectivity index is 1.70. The van der Waals surface area contributed by atoms with Gasteiger partial charge in [0.05, 0.1) is 11.4 Å². The van der Waals surface area contributed by atoms with Crippen molar-refractivity contribution < 1.29 is 12.8 Å². The predicted octanol–water partition coefficient (Wildman–Crippen LogP) is 2.82. The Morgan fingerprint density at radius 2 is 1.85 bits per heavy atom. The van der Waals surface area contributed by atoms with E-state index in [9.17, 15) is 12.8 Å². The van der Waals surface area contributed by atoms with E-state index in [0.717, 1.165) is 5.56 Å². The molecule has 9 heteroatoms. The van der Waals surface area contributed by atoms with Gasteiger partial charge in [-0.05, 0) is 38.5 Å². The summed E-state index contributed by atoms with van der Waals surface area (Å²) in [6, 6.07) is 4.36. The van der Waals surface area contributed by atoms with Crippen LogP contribution in [0.1, 0.15) is 23.9 Å². The third kappa shape index (κ3) is 4.03. The van der Waals surface area contributed by atoms with Gasteiger partial charge in [-0.15, -0.1) is 0 Å². The molecule has 1 aromatic carbocycles. The maximum absolute atomic E-state index is 13.2. The maximum atomic E-state index is 13.2. The van der Waals surface area contributed by atoms with Gasteiger partial charge in [-0.1, -0.05) is 17.7 Å². The molecule has 0 saturated carbocycles. The van der Waals surface area contributed by atoms with E-state index in [1.165, 1.54) is 16.4 Å². The molecule has 0 atom stereocenters. The first-order chi connectivity index (χ1) is 12.7. The fourth-order valence-corrected chi connectivity index (χ4v) is 5.53. The number of aryl methyl sites for hydroxylation is 2. The van der Waals surface area contributed by atoms with E-state index >= 15 is 0 Å². The first kappa shape index (κ1) is 20.3. The van der Waals surface area contributed by atoms with Gasteiger partial charge < -0.3 is 0 Å². The van der Waals surface area contributed by atoms with Crippen LogP contribution in [0, 0.1) is 19.7 Å². The number of rotatable bonds is 5. The number of nitrogens with zero attached hydrogens (tertiary/aromatic N) is 4. The summed E-state index contributed by atoms with van der Waals surface area (Å²) in [5, 5.41) is 4.72. The molecule has 1 aliphatic rings. The Hall–Kier alpha value is -1.48. The van der Waals surface area contributed by atoms with Crippen molar-refractivity contribution >= 4 is 21.6 Å². The average Bonchev–Trinajstić information content (AvgIpc) is 2.92. The Kier molecular flexibility index (Phi) is 5.90. The second kappa shape index (κ2) is 7.87. The lowest BCUT2D eigenvalue weighted by Gasteiger charge is -2.34. The molecule has 1 saturated heterocycles. The standard InChI is InChI=1S/C18H24ClFN4O2S/c1-4-24-14(3)18(13(2)21-24)27(25,26)23-9-7-22(8-10-23)12-15-5-6-16(20)11-17(15)19/h5-6,11H,4,7-10,12H2,1-3H3. The Bertz CT molecular complexity index is 937. The van der Waals surface area contributed by atoms with E-state index in [1.54, 1.807) is 24.6 Å². The Morgan fingerprint density at radius 3 is 2.41 bits per heavy atom. The van der Waals surface area contributed by atoms with Gasteiger partial charge in [0, 0.05) is 44.3 Å². The van der Waals surface area contributed by atoms with Crippen molar-refractivity contribution in [1.29, 1.82) is 0 Å². The van der Waals surface area contributed by atoms with Crippen LogP contribution in [0.5, 0.6) is 0 Å². The molecule has 1 fully saturated rings. The van der Waals surface area contributed by atoms with Crippen LogP contribution in [-0.4, -0.2) is 53.6 Å². The second-order valence-corrected chi connectivity index (χ2v) is 9.01. The summed E-state index contributed by atoms with van der Waals surface area (Å²) in [6.07, 6.45) is 0. The topological polar surface area (TPSA) is 58.4 Å². The highest BCUT2D eigenvalue weighted by molar-refractivity contribution is 7.89. The third-order valence-corrected chi connectivity index (χ3v) is 7.46. The normalized spacial score (nSPS) is 16.8. The van der Waals surface area contributed by atoms with E-state index in [0.29, 0.717) is 60.6 Å². The summed E-state index contributed by atoms with van der Waals surface area (Å²) in [5.41, 5.74) is 2.05. The highest BCUT2D eigenvalue weighted by Crippen LogP contribution is 2.25. The summed E-state index contributed by atoms with van der Waals surface area (Å²) in [6.45, 7) is 8.65. The molecule has 1 aliphatic heterocycles. The van der Waals surface area contributed by atoms with Crippen molar-refractivity contribution in [2.24, 2.45) is 0 Å². The molecular weight excluding hydrogens is 391 g/mol. The molecule has 27 heavy (non-hydrogen) atoms. The number of halogens is 2. The number of aromatic nitrogens is 2. The number of piperazine rings is 1. The van der Waals surface area contributed by atoms with Gasteiger partial charge in [-0.2, -0.15) is 9.40 Å². The number of sulfonamides is 1. The molecule has 0 aliphatic carbocycles. The maximum Gasteiger partial charge on any atom is 0.246 e. The van der Waals surface area contributed by atoms with E-state index in [1.807, 2.05) is 6.92 Å². The molecule has 0 spiro atoms. The molecule has 0 N–H and O–H groups in total. The average molecular weight is 415 g/mol. The van der Waals surface area contributed by atoms with Crippen LogP contribution in [0.4, 0.5) is 4.39 Å². The zero-order valence-corrected chi connectivity index (χ0v) is 17.3. The predicted molar refractivity (Wildman–Crippen MR) is 103 cm³/mol. The van der Waals surface area contributed by atoms with Gasteiger partial charge >= 0.3 is 0 Å². The Morgan fingerprint density at radius 1 is 1.19 bits per heavy atom. The highest BCUT2D eigenvalue weighted by Gasteiger charge is 2.33. The number of benzene rings is 1. The van der Waals surface area contributed by atoms with Crippen LogP contribution in [-0.2, 0) is 23.1 Å². The smallest absolute Gasteiger partial charge is 0.246 e. The SMILES string of the molecule is CCn1nc(C)c(S(=O)(=O)N2CCN(Cc3ccc(F)cc3Cl)CC2)c1C. The fourth-order valence-electron chi connectivity index (χ4n) is 3.51. The van der Waals surface area contributed by atoms with E-state index in [4.69, 9.17) is 11.6 Å². The van der Waals surface area contributed by atoms with Crippen molar-refractivity contribution in [3.05, 3.63) is 46.0 Å². The van der Waals surface area contributed by atoms with Gasteiger partial charge in [0.25, 0.3) is 0 Å². The van der Waals surface area contributed by atoms with Crippen molar-refractivity contribution in [2.45, 2.75) is 38.8 Å². The molecule has 6 nitrogen and oxygen atoms in total. The molecule has 148 valence electrons. The quantitative estimate of drug-likeness (QED) is 0.754. The van der Waals surface area contributed by atoms with E-state index in [2.05, 4.69) is 10.00 Å². The summed E-state index contributed by atoms with van der Waals surface area (Å²) in [7, 11) is -3.58. The molecular formula is C18H24ClFN4O2S. The van der Waals surface area contributed by atoms with Crippen LogP contribution in [0.3, 0.4) is 0 Å². The van der Waals surface area contributed by atoms with Crippen LogP contribution in [0.15, 0.2) is 23.1 Å². The van der Waals surface area contributed by atoms with Crippen molar-refractivity contribution in [2.75, 3.05) is 26.2 Å². The zero-order chi connectivity index (χ0) is 19.8. The minimum Gasteiger partial charge on any atom is -0.296 e. The van der Waals surface area contributed by atoms with Gasteiger partial charge in [0.1, 0.15) is 10.7 Å². The van der Waals surface area contributed by atoms with Gasteiger partial charge in [0.2, 0.25) is 10.0 Å². The van der Waals surface area contributed by atoms with E-state index < -0.39 is 10.0 Å². The first-order valence-electron chi connectivity index (χ1n) is 8.94. The number of hydrogen-bond donors (Lipinski definition) is 0. The lowest BCUT2D eigenvalue weighted by molar-refractivity contribution is 0.181. The highest BCUT2D eigenvalue weighted by atomic mass is 35.5. The summed E-state index contributed by atoms with van der Waals surface area (Å²) < 4.78 is 42.6. The molecule has 2 heterocycles. The molecule has 3 rings (SSSR count).